The monoisotopic (exact) mass is 149 g/mol. The van der Waals surface area contributed by atoms with Crippen LogP contribution in [0.1, 0.15) is 6.42 Å². The molecule has 0 aliphatic rings. The predicted molar refractivity (Wildman–Crippen MR) is 39.8 cm³/mol. The van der Waals surface area contributed by atoms with Crippen molar-refractivity contribution in [1.82, 2.24) is 0 Å². The van der Waals surface area contributed by atoms with Gasteiger partial charge in [0.1, 0.15) is 6.29 Å². The maximum Gasteiger partial charge on any atom is 0.159 e. The van der Waals surface area contributed by atoms with Gasteiger partial charge in [-0.15, -0.1) is 0 Å². The number of hydrogen-bond acceptors (Lipinski definition) is 3. The molecule has 0 fully saturated rings. The summed E-state index contributed by atoms with van der Waals surface area (Å²) in [6.07, 6.45) is 2.24. The van der Waals surface area contributed by atoms with Gasteiger partial charge in [0.05, 0.1) is 0 Å². The van der Waals surface area contributed by atoms with E-state index in [1.54, 1.807) is 0 Å². The average Bonchev–Trinajstić information content (AvgIpc) is 1.81. The minimum Gasteiger partial charge on any atom is -0.327 e. The molecule has 45 valence electrons. The Bertz CT molecular complexity index is 63.2. The van der Waals surface area contributed by atoms with Gasteiger partial charge in [-0.05, 0) is 18.1 Å². The van der Waals surface area contributed by atoms with Crippen molar-refractivity contribution >= 4 is 32.6 Å². The highest BCUT2D eigenvalue weighted by molar-refractivity contribution is 8.53. The highest BCUT2D eigenvalue weighted by Gasteiger charge is 1.87. The lowest BCUT2D eigenvalue weighted by Crippen LogP contribution is -1.78. The highest BCUT2D eigenvalue weighted by atomic mass is 32.7. The van der Waals surface area contributed by atoms with E-state index in [0.29, 0.717) is 14.1 Å². The summed E-state index contributed by atoms with van der Waals surface area (Å²) in [7, 11) is 0.413. The topological polar surface area (TPSA) is 37.3 Å². The Balaban J connectivity index is 2.62. The molecular weight excluding hydrogens is 142 g/mol. The lowest BCUT2D eigenvalue weighted by atomic mass is 10.0. The average molecular weight is 149 g/mol. The summed E-state index contributed by atoms with van der Waals surface area (Å²) >= 11 is 0.808. The first-order chi connectivity index (χ1) is 3.91. The number of rotatable bonds is 5. The summed E-state index contributed by atoms with van der Waals surface area (Å²) in [5, 5.41) is 0. The molecule has 0 rings (SSSR count). The fourth-order valence-electron chi connectivity index (χ4n) is 0.248. The van der Waals surface area contributed by atoms with Crippen LogP contribution < -0.4 is 0 Å². The van der Waals surface area contributed by atoms with Crippen molar-refractivity contribution in [2.75, 3.05) is 0 Å². The van der Waals surface area contributed by atoms with Crippen molar-refractivity contribution in [2.45, 2.75) is 12.7 Å². The Morgan fingerprint density at radius 3 is 3.12 bits per heavy atom. The van der Waals surface area contributed by atoms with Crippen molar-refractivity contribution < 1.29 is 9.35 Å². The van der Waals surface area contributed by atoms with Crippen LogP contribution in [0.5, 0.6) is 0 Å². The minimum atomic E-state index is 0.413. The summed E-state index contributed by atoms with van der Waals surface area (Å²) in [5.41, 5.74) is 0. The molecule has 0 amide bonds. The summed E-state index contributed by atoms with van der Waals surface area (Å²) in [4.78, 5) is 9.68. The van der Waals surface area contributed by atoms with Crippen molar-refractivity contribution in [3.8, 4) is 0 Å². The molecule has 0 aromatic rings. The first-order valence-corrected chi connectivity index (χ1v) is 4.80. The second-order valence-corrected chi connectivity index (χ2v) is 3.24. The van der Waals surface area contributed by atoms with Crippen LogP contribution in [-0.2, 0) is 4.79 Å². The summed E-state index contributed by atoms with van der Waals surface area (Å²) in [6, 6.07) is 0. The third-order valence-electron chi connectivity index (χ3n) is 0.565. The molecule has 1 radical (unpaired) electrons. The first kappa shape index (κ1) is 8.47. The van der Waals surface area contributed by atoms with Gasteiger partial charge in [0.2, 0.25) is 0 Å². The van der Waals surface area contributed by atoms with E-state index in [9.17, 15) is 4.79 Å². The van der Waals surface area contributed by atoms with Crippen LogP contribution >= 0.6 is 19.3 Å². The molecule has 0 saturated heterocycles. The molecule has 0 aliphatic heterocycles. The number of carbonyl (C=O) groups is 1. The molecule has 1 atom stereocenters. The van der Waals surface area contributed by atoms with E-state index in [2.05, 4.69) is 0 Å². The largest absolute Gasteiger partial charge is 0.327 e. The van der Waals surface area contributed by atoms with Gasteiger partial charge in [0, 0.05) is 0 Å². The smallest absolute Gasteiger partial charge is 0.159 e. The standard InChI is InChI=1S/C3H7BO2PS/c5-3-1-2-4-7-8-6/h3,6-7H,1-2H2. The Kier molecular flexibility index (Phi) is 7.92. The molecule has 0 bridgehead atoms. The van der Waals surface area contributed by atoms with E-state index in [1.165, 1.54) is 0 Å². The number of hydrogen-bond donors (Lipinski definition) is 1. The molecule has 0 aromatic heterocycles. The van der Waals surface area contributed by atoms with Crippen LogP contribution in [0.15, 0.2) is 0 Å². The van der Waals surface area contributed by atoms with Gasteiger partial charge >= 0.3 is 0 Å². The normalized spacial score (nSPS) is 10.1. The third-order valence-corrected chi connectivity index (χ3v) is 1.94. The first-order valence-electron chi connectivity index (χ1n) is 2.23. The van der Waals surface area contributed by atoms with Gasteiger partial charge in [0.15, 0.2) is 7.00 Å². The van der Waals surface area contributed by atoms with Crippen molar-refractivity contribution in [2.24, 2.45) is 0 Å². The zero-order valence-electron chi connectivity index (χ0n) is 4.33. The minimum absolute atomic E-state index is 0.413. The van der Waals surface area contributed by atoms with Crippen molar-refractivity contribution in [3.63, 3.8) is 0 Å². The molecule has 0 spiro atoms. The number of carbonyl (C=O) groups excluding carboxylic acids is 1. The maximum atomic E-state index is 9.68. The Hall–Kier alpha value is 0.475. The summed E-state index contributed by atoms with van der Waals surface area (Å²) in [5.74, 6) is 0. The van der Waals surface area contributed by atoms with E-state index in [0.717, 1.165) is 24.3 Å². The van der Waals surface area contributed by atoms with Crippen LogP contribution in [0.2, 0.25) is 6.32 Å². The molecule has 0 heterocycles. The van der Waals surface area contributed by atoms with E-state index in [1.807, 2.05) is 7.00 Å². The molecule has 1 unspecified atom stereocenters. The lowest BCUT2D eigenvalue weighted by molar-refractivity contribution is -0.107. The number of aldehydes is 1. The fourth-order valence-corrected chi connectivity index (χ4v) is 1.18. The molecule has 1 N–H and O–H groups in total. The quantitative estimate of drug-likeness (QED) is 0.211. The lowest BCUT2D eigenvalue weighted by Gasteiger charge is -1.87. The van der Waals surface area contributed by atoms with Gasteiger partial charge in [0.25, 0.3) is 0 Å². The van der Waals surface area contributed by atoms with E-state index in [4.69, 9.17) is 4.55 Å². The predicted octanol–water partition coefficient (Wildman–Crippen LogP) is 1.41. The SMILES string of the molecule is O=CCC[B]PSO. The zero-order chi connectivity index (χ0) is 6.24. The summed E-state index contributed by atoms with van der Waals surface area (Å²) < 4.78 is 8.18. The van der Waals surface area contributed by atoms with Gasteiger partial charge in [-0.3, -0.25) is 0 Å². The van der Waals surface area contributed by atoms with Gasteiger partial charge in [-0.1, -0.05) is 14.0 Å². The van der Waals surface area contributed by atoms with Crippen molar-refractivity contribution in [3.05, 3.63) is 0 Å². The summed E-state index contributed by atoms with van der Waals surface area (Å²) in [6.45, 7) is 1.90. The van der Waals surface area contributed by atoms with E-state index >= 15 is 0 Å². The zero-order valence-corrected chi connectivity index (χ0v) is 6.15. The van der Waals surface area contributed by atoms with Crippen LogP contribution in [0.3, 0.4) is 0 Å². The molecule has 8 heavy (non-hydrogen) atoms. The molecular formula is C3H7BO2PS. The van der Waals surface area contributed by atoms with Crippen LogP contribution in [0.25, 0.3) is 0 Å². The molecule has 5 heteroatoms. The van der Waals surface area contributed by atoms with Gasteiger partial charge in [-0.2, -0.15) is 0 Å². The Morgan fingerprint density at radius 2 is 2.62 bits per heavy atom. The van der Waals surface area contributed by atoms with Gasteiger partial charge < -0.3 is 9.35 Å². The Labute approximate surface area is 55.4 Å². The van der Waals surface area contributed by atoms with Crippen LogP contribution in [0, 0.1) is 0 Å². The Morgan fingerprint density at radius 1 is 1.88 bits per heavy atom. The highest BCUT2D eigenvalue weighted by Crippen LogP contribution is 2.23. The van der Waals surface area contributed by atoms with Gasteiger partial charge in [-0.25, -0.2) is 0 Å². The third kappa shape index (κ3) is 6.47. The molecule has 2 nitrogen and oxygen atoms in total. The second kappa shape index (κ2) is 7.47. The van der Waals surface area contributed by atoms with E-state index in [-0.39, 0.29) is 0 Å². The van der Waals surface area contributed by atoms with Crippen molar-refractivity contribution in [1.29, 1.82) is 0 Å². The molecule has 0 aliphatic carbocycles. The van der Waals surface area contributed by atoms with Crippen LogP contribution in [0.4, 0.5) is 0 Å². The fraction of sp³-hybridized carbons (Fsp3) is 0.667. The molecule has 0 aromatic carbocycles. The maximum absolute atomic E-state index is 9.68. The molecule has 0 saturated carbocycles. The van der Waals surface area contributed by atoms with Crippen LogP contribution in [-0.4, -0.2) is 17.8 Å². The van der Waals surface area contributed by atoms with E-state index < -0.39 is 0 Å². The second-order valence-electron chi connectivity index (χ2n) is 1.16.